The van der Waals surface area contributed by atoms with Crippen molar-refractivity contribution in [1.29, 1.82) is 0 Å². The van der Waals surface area contributed by atoms with Crippen LogP contribution in [0, 0.1) is 11.8 Å². The molecule has 0 radical (unpaired) electrons. The molecule has 4 aliphatic rings. The summed E-state index contributed by atoms with van der Waals surface area (Å²) in [5.74, 6) is 1.76. The molecule has 7 nitrogen and oxygen atoms in total. The zero-order chi connectivity index (χ0) is 19.5. The van der Waals surface area contributed by atoms with Crippen molar-refractivity contribution in [2.45, 2.75) is 50.6 Å². The van der Waals surface area contributed by atoms with Crippen LogP contribution < -0.4 is 0 Å². The highest BCUT2D eigenvalue weighted by Gasteiger charge is 2.45. The molecule has 7 heteroatoms. The number of likely N-dealkylation sites (tertiary alicyclic amines) is 2. The molecule has 4 rings (SSSR count). The molecule has 4 saturated heterocycles. The quantitative estimate of drug-likeness (QED) is 0.630. The molecule has 2 unspecified atom stereocenters. The average Bonchev–Trinajstić information content (AvgIpc) is 2.72. The first-order valence-electron chi connectivity index (χ1n) is 11.0. The highest BCUT2D eigenvalue weighted by atomic mass is 16.5. The van der Waals surface area contributed by atoms with E-state index in [-0.39, 0.29) is 12.5 Å². The highest BCUT2D eigenvalue weighted by Crippen LogP contribution is 2.39. The van der Waals surface area contributed by atoms with Crippen molar-refractivity contribution in [3.63, 3.8) is 0 Å². The lowest BCUT2D eigenvalue weighted by Gasteiger charge is -2.54. The van der Waals surface area contributed by atoms with E-state index < -0.39 is 0 Å². The predicted octanol–water partition coefficient (Wildman–Crippen LogP) is 0.973. The van der Waals surface area contributed by atoms with E-state index in [1.54, 1.807) is 7.11 Å². The largest absolute Gasteiger partial charge is 0.382 e. The van der Waals surface area contributed by atoms with Gasteiger partial charge in [0.05, 0.1) is 13.2 Å². The number of fused-ring (bicyclic) bond motifs is 4. The Morgan fingerprint density at radius 2 is 1.93 bits per heavy atom. The van der Waals surface area contributed by atoms with Crippen molar-refractivity contribution in [1.82, 2.24) is 14.7 Å². The molecule has 0 saturated carbocycles. The first kappa shape index (κ1) is 20.1. The van der Waals surface area contributed by atoms with Crippen LogP contribution in [-0.4, -0.2) is 98.3 Å². The molecule has 0 N–H and O–H groups in total. The molecule has 0 aliphatic carbocycles. The van der Waals surface area contributed by atoms with Gasteiger partial charge in [0, 0.05) is 58.3 Å². The number of amides is 2. The molecule has 4 aliphatic heterocycles. The summed E-state index contributed by atoms with van der Waals surface area (Å²) in [5.41, 5.74) is 0. The second-order valence-electron chi connectivity index (χ2n) is 8.98. The molecule has 0 aromatic carbocycles. The zero-order valence-electron chi connectivity index (χ0n) is 17.2. The van der Waals surface area contributed by atoms with Crippen LogP contribution in [0.4, 0.5) is 0 Å². The van der Waals surface area contributed by atoms with E-state index in [0.717, 1.165) is 58.4 Å². The van der Waals surface area contributed by atoms with Gasteiger partial charge in [-0.15, -0.1) is 0 Å². The summed E-state index contributed by atoms with van der Waals surface area (Å²) in [5, 5.41) is 0. The SMILES string of the molecule is COCCOCC(=O)N1CCC(N2CC3CC(C2)[C@H]2CCCC(=O)N2C3)CC1. The van der Waals surface area contributed by atoms with Crippen LogP contribution in [0.5, 0.6) is 0 Å². The van der Waals surface area contributed by atoms with E-state index in [9.17, 15) is 9.59 Å². The summed E-state index contributed by atoms with van der Waals surface area (Å²) < 4.78 is 10.3. The summed E-state index contributed by atoms with van der Waals surface area (Å²) in [6.07, 6.45) is 6.40. The fourth-order valence-electron chi connectivity index (χ4n) is 5.82. The average molecular weight is 394 g/mol. The fraction of sp³-hybridized carbons (Fsp3) is 0.905. The zero-order valence-corrected chi connectivity index (χ0v) is 17.2. The lowest BCUT2D eigenvalue weighted by Crippen LogP contribution is -2.62. The maximum absolute atomic E-state index is 12.3. The summed E-state index contributed by atoms with van der Waals surface area (Å²) in [4.78, 5) is 31.5. The predicted molar refractivity (Wildman–Crippen MR) is 105 cm³/mol. The van der Waals surface area contributed by atoms with Gasteiger partial charge < -0.3 is 19.3 Å². The third-order valence-electron chi connectivity index (χ3n) is 7.20. The normalized spacial score (nSPS) is 31.8. The van der Waals surface area contributed by atoms with Crippen molar-refractivity contribution in [3.8, 4) is 0 Å². The molecule has 28 heavy (non-hydrogen) atoms. The first-order valence-corrected chi connectivity index (χ1v) is 11.0. The van der Waals surface area contributed by atoms with E-state index in [1.165, 1.54) is 12.8 Å². The van der Waals surface area contributed by atoms with Gasteiger partial charge in [0.25, 0.3) is 0 Å². The smallest absolute Gasteiger partial charge is 0.248 e. The van der Waals surface area contributed by atoms with Crippen LogP contribution in [0.25, 0.3) is 0 Å². The van der Waals surface area contributed by atoms with Crippen LogP contribution in [0.1, 0.15) is 38.5 Å². The van der Waals surface area contributed by atoms with Gasteiger partial charge in [-0.2, -0.15) is 0 Å². The number of nitrogens with zero attached hydrogens (tertiary/aromatic N) is 3. The van der Waals surface area contributed by atoms with Crippen LogP contribution in [0.2, 0.25) is 0 Å². The number of carbonyl (C=O) groups is 2. The summed E-state index contributed by atoms with van der Waals surface area (Å²) in [7, 11) is 1.63. The Bertz CT molecular complexity index is 564. The highest BCUT2D eigenvalue weighted by molar-refractivity contribution is 5.78. The minimum Gasteiger partial charge on any atom is -0.382 e. The molecule has 0 spiro atoms. The fourth-order valence-corrected chi connectivity index (χ4v) is 5.82. The summed E-state index contributed by atoms with van der Waals surface area (Å²) in [6.45, 7) is 6.02. The van der Waals surface area contributed by atoms with Crippen molar-refractivity contribution in [2.75, 3.05) is 59.7 Å². The molecule has 0 aromatic rings. The van der Waals surface area contributed by atoms with Crippen LogP contribution in [0.15, 0.2) is 0 Å². The second kappa shape index (κ2) is 9.09. The Morgan fingerprint density at radius 3 is 2.71 bits per heavy atom. The van der Waals surface area contributed by atoms with Gasteiger partial charge in [-0.05, 0) is 43.9 Å². The Kier molecular flexibility index (Phi) is 6.53. The van der Waals surface area contributed by atoms with Gasteiger partial charge in [0.15, 0.2) is 0 Å². The molecule has 4 heterocycles. The van der Waals surface area contributed by atoms with Crippen LogP contribution in [0.3, 0.4) is 0 Å². The monoisotopic (exact) mass is 393 g/mol. The maximum Gasteiger partial charge on any atom is 0.248 e. The van der Waals surface area contributed by atoms with E-state index in [4.69, 9.17) is 9.47 Å². The standard InChI is InChI=1S/C21H35N3O4/c1-27-9-10-28-15-21(26)22-7-5-18(6-8-22)23-12-16-11-17(14-23)19-3-2-4-20(25)24(19)13-16/h16-19H,2-15H2,1H3/t16?,17?,19-/m1/s1. The Hall–Kier alpha value is -1.18. The Morgan fingerprint density at radius 1 is 1.11 bits per heavy atom. The van der Waals surface area contributed by atoms with Crippen molar-refractivity contribution < 1.29 is 19.1 Å². The molecule has 2 bridgehead atoms. The molecule has 3 atom stereocenters. The number of hydrogen-bond acceptors (Lipinski definition) is 5. The van der Waals surface area contributed by atoms with E-state index in [2.05, 4.69) is 9.80 Å². The number of methoxy groups -OCH3 is 1. The molecule has 2 amide bonds. The van der Waals surface area contributed by atoms with E-state index >= 15 is 0 Å². The maximum atomic E-state index is 12.3. The third-order valence-corrected chi connectivity index (χ3v) is 7.20. The molecular weight excluding hydrogens is 358 g/mol. The van der Waals surface area contributed by atoms with Gasteiger partial charge in [-0.1, -0.05) is 0 Å². The molecule has 0 aromatic heterocycles. The lowest BCUT2D eigenvalue weighted by atomic mass is 9.75. The minimum atomic E-state index is 0.0985. The van der Waals surface area contributed by atoms with Crippen LogP contribution >= 0.6 is 0 Å². The number of ether oxygens (including phenoxy) is 2. The number of piperidine rings is 4. The van der Waals surface area contributed by atoms with Gasteiger partial charge >= 0.3 is 0 Å². The molecule has 158 valence electrons. The Balaban J connectivity index is 1.25. The summed E-state index contributed by atoms with van der Waals surface area (Å²) in [6, 6.07) is 1.06. The number of hydrogen-bond donors (Lipinski definition) is 0. The van der Waals surface area contributed by atoms with Gasteiger partial charge in [0.2, 0.25) is 11.8 Å². The number of rotatable bonds is 6. The topological polar surface area (TPSA) is 62.3 Å². The van der Waals surface area contributed by atoms with Crippen molar-refractivity contribution in [2.24, 2.45) is 11.8 Å². The van der Waals surface area contributed by atoms with Gasteiger partial charge in [-0.3, -0.25) is 14.5 Å². The third kappa shape index (κ3) is 4.36. The van der Waals surface area contributed by atoms with Gasteiger partial charge in [0.1, 0.15) is 6.61 Å². The number of carbonyl (C=O) groups excluding carboxylic acids is 2. The van der Waals surface area contributed by atoms with Crippen molar-refractivity contribution in [3.05, 3.63) is 0 Å². The summed E-state index contributed by atoms with van der Waals surface area (Å²) >= 11 is 0. The second-order valence-corrected chi connectivity index (χ2v) is 8.98. The first-order chi connectivity index (χ1) is 13.7. The van der Waals surface area contributed by atoms with Crippen molar-refractivity contribution >= 4 is 11.8 Å². The van der Waals surface area contributed by atoms with Gasteiger partial charge in [-0.25, -0.2) is 0 Å². The molecule has 4 fully saturated rings. The molecular formula is C21H35N3O4. The minimum absolute atomic E-state index is 0.0985. The Labute approximate surface area is 168 Å². The lowest BCUT2D eigenvalue weighted by molar-refractivity contribution is -0.146. The van der Waals surface area contributed by atoms with Crippen LogP contribution in [-0.2, 0) is 19.1 Å². The van der Waals surface area contributed by atoms with E-state index in [1.807, 2.05) is 4.90 Å². The van der Waals surface area contributed by atoms with E-state index in [0.29, 0.717) is 43.0 Å².